The van der Waals surface area contributed by atoms with Crippen LogP contribution in [0.25, 0.3) is 21.3 Å². The van der Waals surface area contributed by atoms with Crippen LogP contribution in [0.4, 0.5) is 9.52 Å². The number of anilines is 1. The summed E-state index contributed by atoms with van der Waals surface area (Å²) in [4.78, 5) is 34.9. The Hall–Kier alpha value is -3.91. The summed E-state index contributed by atoms with van der Waals surface area (Å²) >= 11 is 1.32. The van der Waals surface area contributed by atoms with Crippen molar-refractivity contribution in [1.29, 1.82) is 0 Å². The van der Waals surface area contributed by atoms with Crippen molar-refractivity contribution in [3.8, 4) is 0 Å². The number of thiazole rings is 1. The van der Waals surface area contributed by atoms with Gasteiger partial charge in [0.1, 0.15) is 17.0 Å². The lowest BCUT2D eigenvalue weighted by Gasteiger charge is -2.12. The maximum Gasteiger partial charge on any atom is 0.265 e. The van der Waals surface area contributed by atoms with E-state index in [2.05, 4.69) is 15.3 Å². The Bertz CT molecular complexity index is 1480. The predicted molar refractivity (Wildman–Crippen MR) is 119 cm³/mol. The molecule has 0 saturated heterocycles. The molecule has 152 valence electrons. The van der Waals surface area contributed by atoms with Crippen LogP contribution < -0.4 is 10.9 Å². The minimum Gasteiger partial charge on any atom is -0.298 e. The number of benzene rings is 2. The van der Waals surface area contributed by atoms with Gasteiger partial charge in [-0.05, 0) is 36.4 Å². The molecule has 3 heterocycles. The number of pyridine rings is 2. The van der Waals surface area contributed by atoms with Crippen molar-refractivity contribution in [2.75, 3.05) is 5.32 Å². The number of hydrogen-bond donors (Lipinski definition) is 1. The van der Waals surface area contributed by atoms with E-state index >= 15 is 0 Å². The highest BCUT2D eigenvalue weighted by molar-refractivity contribution is 7.22. The van der Waals surface area contributed by atoms with Crippen LogP contribution in [0.15, 0.2) is 77.7 Å². The molecule has 0 unspecified atom stereocenters. The fourth-order valence-corrected chi connectivity index (χ4v) is 4.26. The topological polar surface area (TPSA) is 76.9 Å². The van der Waals surface area contributed by atoms with Gasteiger partial charge in [-0.25, -0.2) is 14.4 Å². The minimum absolute atomic E-state index is 0.0404. The average molecular weight is 430 g/mol. The average Bonchev–Trinajstić information content (AvgIpc) is 3.19. The monoisotopic (exact) mass is 430 g/mol. The number of aromatic nitrogens is 3. The maximum absolute atomic E-state index is 14.2. The quantitative estimate of drug-likeness (QED) is 0.457. The second kappa shape index (κ2) is 7.73. The normalized spacial score (nSPS) is 11.1. The SMILES string of the molecule is O=C(Nc1nc2ccccc2s1)c1cc2cccnc2n(Cc2ccccc2F)c1=O. The molecule has 1 amide bonds. The molecule has 3 aromatic heterocycles. The highest BCUT2D eigenvalue weighted by Crippen LogP contribution is 2.25. The second-order valence-corrected chi connectivity index (χ2v) is 7.93. The molecule has 0 aliphatic carbocycles. The van der Waals surface area contributed by atoms with Gasteiger partial charge in [-0.3, -0.25) is 19.5 Å². The van der Waals surface area contributed by atoms with Gasteiger partial charge < -0.3 is 0 Å². The van der Waals surface area contributed by atoms with E-state index < -0.39 is 17.3 Å². The van der Waals surface area contributed by atoms with Gasteiger partial charge in [0.25, 0.3) is 11.5 Å². The van der Waals surface area contributed by atoms with Crippen molar-refractivity contribution in [3.05, 3.63) is 100 Å². The first kappa shape index (κ1) is 19.1. The van der Waals surface area contributed by atoms with Crippen LogP contribution in [-0.4, -0.2) is 20.4 Å². The number of carbonyl (C=O) groups excluding carboxylic acids is 1. The Morgan fingerprint density at radius 1 is 1.06 bits per heavy atom. The summed E-state index contributed by atoms with van der Waals surface area (Å²) in [6, 6.07) is 18.7. The molecule has 1 N–H and O–H groups in total. The summed E-state index contributed by atoms with van der Waals surface area (Å²) in [6.07, 6.45) is 1.56. The van der Waals surface area contributed by atoms with E-state index in [0.717, 1.165) is 10.2 Å². The predicted octanol–water partition coefficient (Wildman–Crippen LogP) is 4.45. The first-order valence-electron chi connectivity index (χ1n) is 9.49. The number of carbonyl (C=O) groups is 1. The molecule has 2 aromatic carbocycles. The number of halogens is 1. The van der Waals surface area contributed by atoms with Gasteiger partial charge in [-0.1, -0.05) is 41.7 Å². The molecular formula is C23H15FN4O2S. The van der Waals surface area contributed by atoms with E-state index in [9.17, 15) is 14.0 Å². The molecule has 0 saturated carbocycles. The van der Waals surface area contributed by atoms with Crippen LogP contribution in [0.1, 0.15) is 15.9 Å². The van der Waals surface area contributed by atoms with E-state index in [1.54, 1.807) is 36.5 Å². The molecule has 0 spiro atoms. The number of nitrogens with zero attached hydrogens (tertiary/aromatic N) is 3. The summed E-state index contributed by atoms with van der Waals surface area (Å²) in [5, 5.41) is 3.72. The first-order valence-corrected chi connectivity index (χ1v) is 10.3. The standard InChI is InChI=1S/C23H15FN4O2S/c24-17-8-2-1-6-15(17)13-28-20-14(7-5-11-25-20)12-16(22(28)30)21(29)27-23-26-18-9-3-4-10-19(18)31-23/h1-12H,13H2,(H,26,27,29). The van der Waals surface area contributed by atoms with Crippen LogP contribution in [-0.2, 0) is 6.54 Å². The van der Waals surface area contributed by atoms with Crippen LogP contribution >= 0.6 is 11.3 Å². The number of amides is 1. The zero-order valence-electron chi connectivity index (χ0n) is 16.1. The fourth-order valence-electron chi connectivity index (χ4n) is 3.40. The molecular weight excluding hydrogens is 415 g/mol. The van der Waals surface area contributed by atoms with Crippen LogP contribution in [0.5, 0.6) is 0 Å². The van der Waals surface area contributed by atoms with Gasteiger partial charge in [0.15, 0.2) is 5.13 Å². The molecule has 0 atom stereocenters. The summed E-state index contributed by atoms with van der Waals surface area (Å²) < 4.78 is 16.5. The van der Waals surface area contributed by atoms with Gasteiger partial charge >= 0.3 is 0 Å². The number of nitrogens with one attached hydrogen (secondary N) is 1. The molecule has 0 fully saturated rings. The maximum atomic E-state index is 14.2. The third-order valence-electron chi connectivity index (χ3n) is 4.89. The molecule has 0 bridgehead atoms. The molecule has 31 heavy (non-hydrogen) atoms. The van der Waals surface area contributed by atoms with Crippen LogP contribution in [0.3, 0.4) is 0 Å². The lowest BCUT2D eigenvalue weighted by atomic mass is 10.1. The van der Waals surface area contributed by atoms with Gasteiger partial charge in [0.2, 0.25) is 0 Å². The Kier molecular flexibility index (Phi) is 4.76. The minimum atomic E-state index is -0.572. The van der Waals surface area contributed by atoms with Crippen molar-refractivity contribution in [2.24, 2.45) is 0 Å². The molecule has 0 aliphatic rings. The van der Waals surface area contributed by atoms with Crippen molar-refractivity contribution in [2.45, 2.75) is 6.54 Å². The summed E-state index contributed by atoms with van der Waals surface area (Å²) in [5.74, 6) is -1.00. The van der Waals surface area contributed by atoms with Crippen LogP contribution in [0, 0.1) is 5.82 Å². The molecule has 5 rings (SSSR count). The second-order valence-electron chi connectivity index (χ2n) is 6.90. The lowest BCUT2D eigenvalue weighted by Crippen LogP contribution is -2.30. The van der Waals surface area contributed by atoms with E-state index in [1.807, 2.05) is 24.3 Å². The highest BCUT2D eigenvalue weighted by Gasteiger charge is 2.18. The van der Waals surface area contributed by atoms with Crippen molar-refractivity contribution in [3.63, 3.8) is 0 Å². The third kappa shape index (κ3) is 3.57. The fraction of sp³-hybridized carbons (Fsp3) is 0.0435. The van der Waals surface area contributed by atoms with E-state index in [1.165, 1.54) is 28.0 Å². The molecule has 0 aliphatic heterocycles. The van der Waals surface area contributed by atoms with Gasteiger partial charge in [0, 0.05) is 17.1 Å². The highest BCUT2D eigenvalue weighted by atomic mass is 32.1. The smallest absolute Gasteiger partial charge is 0.265 e. The lowest BCUT2D eigenvalue weighted by molar-refractivity contribution is 0.102. The van der Waals surface area contributed by atoms with Crippen molar-refractivity contribution < 1.29 is 9.18 Å². The number of rotatable bonds is 4. The summed E-state index contributed by atoms with van der Waals surface area (Å²) in [7, 11) is 0. The van der Waals surface area contributed by atoms with Gasteiger partial charge in [-0.2, -0.15) is 0 Å². The van der Waals surface area contributed by atoms with Gasteiger partial charge in [0.05, 0.1) is 16.8 Å². The van der Waals surface area contributed by atoms with Crippen LogP contribution in [0.2, 0.25) is 0 Å². The number of hydrogen-bond acceptors (Lipinski definition) is 5. The molecule has 5 aromatic rings. The molecule has 0 radical (unpaired) electrons. The van der Waals surface area contributed by atoms with Crippen molar-refractivity contribution >= 4 is 43.6 Å². The van der Waals surface area contributed by atoms with Crippen molar-refractivity contribution in [1.82, 2.24) is 14.5 Å². The summed E-state index contributed by atoms with van der Waals surface area (Å²) in [6.45, 7) is -0.0404. The van der Waals surface area contributed by atoms with Gasteiger partial charge in [-0.15, -0.1) is 0 Å². The largest absolute Gasteiger partial charge is 0.298 e. The first-order chi connectivity index (χ1) is 15.1. The Balaban J connectivity index is 1.58. The Morgan fingerprint density at radius 2 is 1.87 bits per heavy atom. The molecule has 6 nitrogen and oxygen atoms in total. The number of fused-ring (bicyclic) bond motifs is 2. The Labute approximate surface area is 179 Å². The zero-order valence-corrected chi connectivity index (χ0v) is 16.9. The third-order valence-corrected chi connectivity index (χ3v) is 5.85. The number of para-hydroxylation sites is 1. The van der Waals surface area contributed by atoms with E-state index in [0.29, 0.717) is 21.7 Å². The van der Waals surface area contributed by atoms with E-state index in [-0.39, 0.29) is 12.1 Å². The molecule has 8 heteroatoms. The summed E-state index contributed by atoms with van der Waals surface area (Å²) in [5.41, 5.74) is 0.874. The van der Waals surface area contributed by atoms with E-state index in [4.69, 9.17) is 0 Å². The Morgan fingerprint density at radius 3 is 2.71 bits per heavy atom. The zero-order chi connectivity index (χ0) is 21.4.